The smallest absolute Gasteiger partial charge is 0.326 e. The number of carbonyl (C=O) groups is 2. The summed E-state index contributed by atoms with van der Waals surface area (Å²) >= 11 is 1.00. The van der Waals surface area contributed by atoms with Gasteiger partial charge in [-0.15, -0.1) is 0 Å². The maximum absolute atomic E-state index is 13.0. The van der Waals surface area contributed by atoms with E-state index < -0.39 is 31.9 Å². The number of amides is 1. The van der Waals surface area contributed by atoms with E-state index in [-0.39, 0.29) is 39.0 Å². The molecule has 0 aliphatic rings. The lowest BCUT2D eigenvalue weighted by molar-refractivity contribution is -0.143. The third-order valence-corrected chi connectivity index (χ3v) is 8.84. The van der Waals surface area contributed by atoms with Crippen molar-refractivity contribution in [3.05, 3.63) is 82.7 Å². The van der Waals surface area contributed by atoms with Crippen LogP contribution in [0.2, 0.25) is 0 Å². The maximum atomic E-state index is 13.0. The van der Waals surface area contributed by atoms with Crippen molar-refractivity contribution >= 4 is 59.2 Å². The second-order valence-corrected chi connectivity index (χ2v) is 12.6. The number of ether oxygens (including phenoxy) is 1. The molecule has 0 aliphatic heterocycles. The number of nitrogens with one attached hydrogen (secondary N) is 1. The maximum Gasteiger partial charge on any atom is 0.326 e. The first kappa shape index (κ1) is 28.2. The molecule has 0 saturated carbocycles. The quantitative estimate of drug-likeness (QED) is 0.298. The first-order valence-corrected chi connectivity index (χ1v) is 15.3. The first-order valence-electron chi connectivity index (χ1n) is 11.5. The molecule has 0 fully saturated rings. The second-order valence-electron chi connectivity index (χ2n) is 8.36. The van der Waals surface area contributed by atoms with Crippen molar-refractivity contribution in [3.63, 3.8) is 0 Å². The number of nitrogens with zero attached hydrogens (tertiary/aromatic N) is 2. The Hall–Kier alpha value is -3.85. The van der Waals surface area contributed by atoms with E-state index in [4.69, 9.17) is 9.88 Å². The zero-order valence-electron chi connectivity index (χ0n) is 20.8. The minimum absolute atomic E-state index is 0.102. The Kier molecular flexibility index (Phi) is 8.02. The standard InChI is InChI=1S/C25H24N4O7S3/c1-3-36-23(30)15-29-21-13-12-20(38(26,32)33)14-22(21)37-25(29)27-24(31)17-6-8-18(9-7-17)28-39(34,35)19-10-4-16(2)5-11-19/h4-14,28H,3,15H2,1-2H3,(H2,26,32,33). The summed E-state index contributed by atoms with van der Waals surface area (Å²) in [6.07, 6.45) is 0. The van der Waals surface area contributed by atoms with Crippen molar-refractivity contribution in [2.24, 2.45) is 10.1 Å². The average Bonchev–Trinajstić information content (AvgIpc) is 3.20. The highest BCUT2D eigenvalue weighted by atomic mass is 32.2. The number of carbonyl (C=O) groups excluding carboxylic acids is 2. The fourth-order valence-corrected chi connectivity index (χ4v) is 6.31. The molecule has 11 nitrogen and oxygen atoms in total. The van der Waals surface area contributed by atoms with Gasteiger partial charge in [0.2, 0.25) is 10.0 Å². The van der Waals surface area contributed by atoms with Crippen LogP contribution in [-0.2, 0) is 36.1 Å². The van der Waals surface area contributed by atoms with Gasteiger partial charge in [-0.2, -0.15) is 4.99 Å². The van der Waals surface area contributed by atoms with Crippen LogP contribution >= 0.6 is 11.3 Å². The summed E-state index contributed by atoms with van der Waals surface area (Å²) in [5.41, 5.74) is 1.81. The van der Waals surface area contributed by atoms with E-state index in [1.807, 2.05) is 6.92 Å². The first-order chi connectivity index (χ1) is 18.4. The van der Waals surface area contributed by atoms with Gasteiger partial charge in [-0.3, -0.25) is 14.3 Å². The fraction of sp³-hybridized carbons (Fsp3) is 0.160. The van der Waals surface area contributed by atoms with E-state index in [9.17, 15) is 26.4 Å². The number of anilines is 1. The van der Waals surface area contributed by atoms with Crippen molar-refractivity contribution in [1.82, 2.24) is 4.57 Å². The number of thiazole rings is 1. The van der Waals surface area contributed by atoms with Gasteiger partial charge in [0, 0.05) is 11.3 Å². The van der Waals surface area contributed by atoms with Gasteiger partial charge in [-0.25, -0.2) is 22.0 Å². The summed E-state index contributed by atoms with van der Waals surface area (Å²) in [5, 5.41) is 5.23. The number of fused-ring (bicyclic) bond motifs is 1. The van der Waals surface area contributed by atoms with Gasteiger partial charge in [-0.1, -0.05) is 29.0 Å². The Morgan fingerprint density at radius 1 is 0.974 bits per heavy atom. The summed E-state index contributed by atoms with van der Waals surface area (Å²) in [5.74, 6) is -1.22. The van der Waals surface area contributed by atoms with E-state index in [1.165, 1.54) is 59.2 Å². The molecule has 0 bridgehead atoms. The molecular weight excluding hydrogens is 564 g/mol. The lowest BCUT2D eigenvalue weighted by Crippen LogP contribution is -2.23. The third-order valence-electron chi connectivity index (χ3n) is 5.49. The number of nitrogens with two attached hydrogens (primary N) is 1. The predicted octanol–water partition coefficient (Wildman–Crippen LogP) is 2.76. The number of hydrogen-bond acceptors (Lipinski definition) is 8. The van der Waals surface area contributed by atoms with E-state index in [0.29, 0.717) is 10.2 Å². The summed E-state index contributed by atoms with van der Waals surface area (Å²) in [7, 11) is -7.79. The van der Waals surface area contributed by atoms with Crippen LogP contribution in [0.4, 0.5) is 5.69 Å². The number of sulfonamides is 2. The highest BCUT2D eigenvalue weighted by molar-refractivity contribution is 7.92. The molecule has 1 aromatic heterocycles. The molecule has 0 spiro atoms. The highest BCUT2D eigenvalue weighted by Gasteiger charge is 2.17. The van der Waals surface area contributed by atoms with Gasteiger partial charge in [-0.05, 0) is 68.4 Å². The van der Waals surface area contributed by atoms with Crippen LogP contribution in [0.3, 0.4) is 0 Å². The molecule has 14 heteroatoms. The largest absolute Gasteiger partial charge is 0.465 e. The Balaban J connectivity index is 1.66. The molecule has 39 heavy (non-hydrogen) atoms. The summed E-state index contributed by atoms with van der Waals surface area (Å²) in [6, 6.07) is 16.2. The van der Waals surface area contributed by atoms with Gasteiger partial charge in [0.25, 0.3) is 15.9 Å². The van der Waals surface area contributed by atoms with Crippen LogP contribution in [0.15, 0.2) is 81.5 Å². The molecule has 0 radical (unpaired) electrons. The van der Waals surface area contributed by atoms with E-state index in [2.05, 4.69) is 9.71 Å². The molecule has 1 heterocycles. The van der Waals surface area contributed by atoms with Crippen molar-refractivity contribution in [3.8, 4) is 0 Å². The summed E-state index contributed by atoms with van der Waals surface area (Å²) < 4.78 is 58.2. The minimum Gasteiger partial charge on any atom is -0.465 e. The molecule has 0 unspecified atom stereocenters. The van der Waals surface area contributed by atoms with Crippen molar-refractivity contribution in [2.75, 3.05) is 11.3 Å². The third kappa shape index (κ3) is 6.60. The Morgan fingerprint density at radius 2 is 1.62 bits per heavy atom. The number of rotatable bonds is 8. The van der Waals surface area contributed by atoms with E-state index in [1.54, 1.807) is 19.1 Å². The molecule has 1 amide bonds. The van der Waals surface area contributed by atoms with Crippen LogP contribution < -0.4 is 14.7 Å². The van der Waals surface area contributed by atoms with Crippen molar-refractivity contribution in [1.29, 1.82) is 0 Å². The number of aromatic nitrogens is 1. The summed E-state index contributed by atoms with van der Waals surface area (Å²) in [4.78, 5) is 29.5. The average molecular weight is 589 g/mol. The van der Waals surface area contributed by atoms with Crippen LogP contribution in [0.1, 0.15) is 22.8 Å². The minimum atomic E-state index is -3.97. The molecule has 4 rings (SSSR count). The van der Waals surface area contributed by atoms with Gasteiger partial charge < -0.3 is 9.30 Å². The summed E-state index contributed by atoms with van der Waals surface area (Å²) in [6.45, 7) is 3.41. The Labute approximate surface area is 228 Å². The fourth-order valence-electron chi connectivity index (χ4n) is 3.57. The van der Waals surface area contributed by atoms with Gasteiger partial charge >= 0.3 is 5.97 Å². The van der Waals surface area contributed by atoms with Gasteiger partial charge in [0.1, 0.15) is 6.54 Å². The zero-order valence-corrected chi connectivity index (χ0v) is 23.3. The SMILES string of the molecule is CCOC(=O)Cn1c(=NC(=O)c2ccc(NS(=O)(=O)c3ccc(C)cc3)cc2)sc2cc(S(N)(=O)=O)ccc21. The molecule has 0 aliphatic carbocycles. The molecule has 4 aromatic rings. The molecule has 204 valence electrons. The molecule has 0 saturated heterocycles. The van der Waals surface area contributed by atoms with Crippen molar-refractivity contribution in [2.45, 2.75) is 30.2 Å². The normalized spacial score (nSPS) is 12.4. The molecule has 3 aromatic carbocycles. The lowest BCUT2D eigenvalue weighted by atomic mass is 10.2. The van der Waals surface area contributed by atoms with Crippen LogP contribution in [0, 0.1) is 6.92 Å². The van der Waals surface area contributed by atoms with E-state index >= 15 is 0 Å². The number of hydrogen-bond donors (Lipinski definition) is 2. The predicted molar refractivity (Wildman–Crippen MR) is 146 cm³/mol. The monoisotopic (exact) mass is 588 g/mol. The van der Waals surface area contributed by atoms with Crippen LogP contribution in [-0.4, -0.2) is 39.9 Å². The van der Waals surface area contributed by atoms with Crippen molar-refractivity contribution < 1.29 is 31.2 Å². The van der Waals surface area contributed by atoms with E-state index in [0.717, 1.165) is 16.9 Å². The topological polar surface area (TPSA) is 167 Å². The lowest BCUT2D eigenvalue weighted by Gasteiger charge is -2.08. The molecule has 3 N–H and O–H groups in total. The number of primary sulfonamides is 1. The van der Waals surface area contributed by atoms with Gasteiger partial charge in [0.15, 0.2) is 4.80 Å². The Bertz CT molecular complexity index is 1840. The Morgan fingerprint density at radius 3 is 2.23 bits per heavy atom. The highest BCUT2D eigenvalue weighted by Crippen LogP contribution is 2.22. The zero-order chi connectivity index (χ0) is 28.4. The molecular formula is C25H24N4O7S3. The number of aryl methyl sites for hydroxylation is 1. The van der Waals surface area contributed by atoms with Gasteiger partial charge in [0.05, 0.1) is 26.6 Å². The second kappa shape index (κ2) is 11.1. The number of benzene rings is 3. The number of esters is 1. The molecule has 0 atom stereocenters. The van der Waals surface area contributed by atoms with Crippen LogP contribution in [0.25, 0.3) is 10.2 Å². The van der Waals surface area contributed by atoms with Crippen LogP contribution in [0.5, 0.6) is 0 Å².